The van der Waals surface area contributed by atoms with Crippen molar-refractivity contribution >= 4 is 0 Å². The van der Waals surface area contributed by atoms with Crippen LogP contribution in [0.1, 0.15) is 17.7 Å². The molecule has 3 rings (SSSR count). The van der Waals surface area contributed by atoms with Crippen LogP contribution in [0.2, 0.25) is 0 Å². The summed E-state index contributed by atoms with van der Waals surface area (Å²) in [5, 5.41) is 0. The van der Waals surface area contributed by atoms with E-state index in [0.29, 0.717) is 0 Å². The Labute approximate surface area is 99.2 Å². The fourth-order valence-electron chi connectivity index (χ4n) is 2.41. The molecule has 1 aromatic carbocycles. The van der Waals surface area contributed by atoms with Crippen LogP contribution in [0, 0.1) is 5.82 Å². The number of furan rings is 1. The maximum Gasteiger partial charge on any atom is 0.123 e. The number of nitrogens with two attached hydrogens (primary N) is 1. The monoisotopic (exact) mass is 231 g/mol. The first-order valence-corrected chi connectivity index (χ1v) is 5.85. The molecule has 0 fully saturated rings. The highest BCUT2D eigenvalue weighted by Gasteiger charge is 2.22. The van der Waals surface area contributed by atoms with Gasteiger partial charge in [0.25, 0.3) is 0 Å². The topological polar surface area (TPSA) is 39.2 Å². The first-order chi connectivity index (χ1) is 8.24. The Morgan fingerprint density at radius 3 is 2.76 bits per heavy atom. The van der Waals surface area contributed by atoms with Gasteiger partial charge in [-0.15, -0.1) is 0 Å². The summed E-state index contributed by atoms with van der Waals surface area (Å²) < 4.78 is 18.5. The second kappa shape index (κ2) is 4.00. The Balaban J connectivity index is 2.04. The van der Waals surface area contributed by atoms with Crippen LogP contribution in [0.25, 0.3) is 11.1 Å². The first-order valence-electron chi connectivity index (χ1n) is 5.85. The largest absolute Gasteiger partial charge is 0.468 e. The third-order valence-electron chi connectivity index (χ3n) is 3.34. The number of aryl methyl sites for hydroxylation is 1. The van der Waals surface area contributed by atoms with Crippen LogP contribution in [0.15, 0.2) is 34.9 Å². The van der Waals surface area contributed by atoms with E-state index in [2.05, 4.69) is 0 Å². The van der Waals surface area contributed by atoms with Crippen molar-refractivity contribution in [2.45, 2.75) is 25.3 Å². The van der Waals surface area contributed by atoms with Crippen molar-refractivity contribution < 1.29 is 8.81 Å². The summed E-state index contributed by atoms with van der Waals surface area (Å²) in [6.07, 6.45) is 4.48. The number of fused-ring (bicyclic) bond motifs is 1. The number of hydrogen-bond acceptors (Lipinski definition) is 2. The van der Waals surface area contributed by atoms with Gasteiger partial charge >= 0.3 is 0 Å². The molecule has 1 unspecified atom stereocenters. The Morgan fingerprint density at radius 2 is 2.00 bits per heavy atom. The predicted octanol–water partition coefficient (Wildman–Crippen LogP) is 2.90. The number of benzene rings is 1. The van der Waals surface area contributed by atoms with Crippen molar-refractivity contribution in [3.05, 3.63) is 47.7 Å². The molecule has 0 saturated carbocycles. The van der Waals surface area contributed by atoms with E-state index < -0.39 is 0 Å². The molecule has 1 aliphatic carbocycles. The molecule has 1 heterocycles. The number of hydrogen-bond donors (Lipinski definition) is 1. The molecule has 88 valence electrons. The summed E-state index contributed by atoms with van der Waals surface area (Å²) in [5.41, 5.74) is 9.21. The highest BCUT2D eigenvalue weighted by molar-refractivity contribution is 5.67. The molecule has 0 amide bonds. The van der Waals surface area contributed by atoms with E-state index in [1.165, 1.54) is 17.7 Å². The van der Waals surface area contributed by atoms with Gasteiger partial charge in [-0.05, 0) is 30.5 Å². The second-order valence-corrected chi connectivity index (χ2v) is 4.56. The van der Waals surface area contributed by atoms with Gasteiger partial charge in [-0.2, -0.15) is 0 Å². The van der Waals surface area contributed by atoms with Crippen molar-refractivity contribution in [2.24, 2.45) is 5.73 Å². The van der Waals surface area contributed by atoms with E-state index >= 15 is 0 Å². The predicted molar refractivity (Wildman–Crippen MR) is 64.1 cm³/mol. The minimum Gasteiger partial charge on any atom is -0.468 e. The van der Waals surface area contributed by atoms with Gasteiger partial charge in [0, 0.05) is 23.6 Å². The molecule has 1 atom stereocenters. The minimum atomic E-state index is -0.220. The van der Waals surface area contributed by atoms with Crippen molar-refractivity contribution in [3.63, 3.8) is 0 Å². The highest BCUT2D eigenvalue weighted by Crippen LogP contribution is 2.33. The van der Waals surface area contributed by atoms with Gasteiger partial charge < -0.3 is 10.2 Å². The molecule has 0 spiro atoms. The summed E-state index contributed by atoms with van der Waals surface area (Å²) in [4.78, 5) is 0. The fourth-order valence-corrected chi connectivity index (χ4v) is 2.41. The van der Waals surface area contributed by atoms with E-state index in [0.717, 1.165) is 36.1 Å². The van der Waals surface area contributed by atoms with E-state index in [4.69, 9.17) is 10.2 Å². The highest BCUT2D eigenvalue weighted by atomic mass is 19.1. The minimum absolute atomic E-state index is 0.208. The third-order valence-corrected chi connectivity index (χ3v) is 3.34. The zero-order chi connectivity index (χ0) is 11.8. The van der Waals surface area contributed by atoms with Gasteiger partial charge in [-0.1, -0.05) is 12.1 Å². The van der Waals surface area contributed by atoms with Gasteiger partial charge in [0.2, 0.25) is 0 Å². The lowest BCUT2D eigenvalue weighted by Crippen LogP contribution is -2.27. The van der Waals surface area contributed by atoms with Crippen molar-refractivity contribution in [1.29, 1.82) is 0 Å². The molecule has 0 aliphatic heterocycles. The number of rotatable bonds is 1. The maximum absolute atomic E-state index is 12.9. The Hall–Kier alpha value is -1.61. The van der Waals surface area contributed by atoms with Gasteiger partial charge in [-0.3, -0.25) is 0 Å². The molecule has 1 aromatic heterocycles. The molecule has 2 aromatic rings. The van der Waals surface area contributed by atoms with Crippen LogP contribution >= 0.6 is 0 Å². The molecular weight excluding hydrogens is 217 g/mol. The average Bonchev–Trinajstić information content (AvgIpc) is 2.73. The zero-order valence-corrected chi connectivity index (χ0v) is 9.45. The van der Waals surface area contributed by atoms with Crippen LogP contribution in [-0.2, 0) is 12.8 Å². The zero-order valence-electron chi connectivity index (χ0n) is 9.45. The molecular formula is C14H14FNO. The van der Waals surface area contributed by atoms with Gasteiger partial charge in [0.05, 0.1) is 6.26 Å². The molecule has 17 heavy (non-hydrogen) atoms. The first kappa shape index (κ1) is 10.5. The summed E-state index contributed by atoms with van der Waals surface area (Å²) >= 11 is 0. The molecule has 3 heteroatoms. The second-order valence-electron chi connectivity index (χ2n) is 4.56. The Bertz CT molecular complexity index is 530. The fraction of sp³-hybridized carbons (Fsp3) is 0.286. The molecule has 0 radical (unpaired) electrons. The van der Waals surface area contributed by atoms with Crippen molar-refractivity contribution in [3.8, 4) is 11.1 Å². The Kier molecular flexibility index (Phi) is 2.48. The summed E-state index contributed by atoms with van der Waals surface area (Å²) in [5.74, 6) is 0.814. The lowest BCUT2D eigenvalue weighted by molar-refractivity contribution is 0.456. The Morgan fingerprint density at radius 1 is 1.24 bits per heavy atom. The van der Waals surface area contributed by atoms with Crippen LogP contribution in [0.3, 0.4) is 0 Å². The van der Waals surface area contributed by atoms with E-state index in [1.54, 1.807) is 18.4 Å². The molecule has 0 bridgehead atoms. The third kappa shape index (κ3) is 1.87. The van der Waals surface area contributed by atoms with E-state index in [9.17, 15) is 4.39 Å². The molecule has 0 saturated heterocycles. The van der Waals surface area contributed by atoms with Crippen LogP contribution in [-0.4, -0.2) is 6.04 Å². The smallest absolute Gasteiger partial charge is 0.123 e. The van der Waals surface area contributed by atoms with E-state index in [-0.39, 0.29) is 11.9 Å². The van der Waals surface area contributed by atoms with E-state index in [1.807, 2.05) is 0 Å². The molecule has 1 aliphatic rings. The van der Waals surface area contributed by atoms with Gasteiger partial charge in [0.15, 0.2) is 0 Å². The lowest BCUT2D eigenvalue weighted by Gasteiger charge is -2.18. The van der Waals surface area contributed by atoms with Crippen molar-refractivity contribution in [2.75, 3.05) is 0 Å². The average molecular weight is 231 g/mol. The van der Waals surface area contributed by atoms with Gasteiger partial charge in [-0.25, -0.2) is 4.39 Å². The molecule has 2 N–H and O–H groups in total. The SMILES string of the molecule is NC1CCc2occ(-c3ccc(F)cc3)c2C1. The standard InChI is InChI=1S/C14H14FNO/c15-10-3-1-9(2-4-10)13-8-17-14-6-5-11(16)7-12(13)14/h1-4,8,11H,5-7,16H2. The summed E-state index contributed by atoms with van der Waals surface area (Å²) in [6.45, 7) is 0. The van der Waals surface area contributed by atoms with Crippen molar-refractivity contribution in [1.82, 2.24) is 0 Å². The van der Waals surface area contributed by atoms with Crippen LogP contribution in [0.5, 0.6) is 0 Å². The number of halogens is 1. The lowest BCUT2D eigenvalue weighted by atomic mass is 9.90. The quantitative estimate of drug-likeness (QED) is 0.819. The summed E-state index contributed by atoms with van der Waals surface area (Å²) in [6, 6.07) is 6.70. The maximum atomic E-state index is 12.9. The normalized spacial score (nSPS) is 19.1. The summed E-state index contributed by atoms with van der Waals surface area (Å²) in [7, 11) is 0. The molecule has 2 nitrogen and oxygen atoms in total. The van der Waals surface area contributed by atoms with Crippen LogP contribution < -0.4 is 5.73 Å². The van der Waals surface area contributed by atoms with Gasteiger partial charge in [0.1, 0.15) is 11.6 Å². The van der Waals surface area contributed by atoms with Crippen LogP contribution in [0.4, 0.5) is 4.39 Å².